The Bertz CT molecular complexity index is 836. The maximum atomic E-state index is 14.3. The summed E-state index contributed by atoms with van der Waals surface area (Å²) in [7, 11) is 0. The zero-order chi connectivity index (χ0) is 17.6. The van der Waals surface area contributed by atoms with E-state index in [2.05, 4.69) is 12.0 Å². The van der Waals surface area contributed by atoms with Crippen molar-refractivity contribution in [1.82, 2.24) is 9.78 Å². The van der Waals surface area contributed by atoms with Gasteiger partial charge in [0.25, 0.3) is 0 Å². The zero-order valence-electron chi connectivity index (χ0n) is 14.7. The number of ether oxygens (including phenoxy) is 1. The van der Waals surface area contributed by atoms with Gasteiger partial charge in [0, 0.05) is 23.9 Å². The summed E-state index contributed by atoms with van der Waals surface area (Å²) in [6.45, 7) is 2.92. The van der Waals surface area contributed by atoms with Crippen LogP contribution in [0.25, 0.3) is 16.9 Å². The van der Waals surface area contributed by atoms with Crippen LogP contribution in [0.5, 0.6) is 5.75 Å². The maximum absolute atomic E-state index is 14.3. The average Bonchev–Trinajstić information content (AvgIpc) is 3.08. The van der Waals surface area contributed by atoms with Crippen LogP contribution in [0.15, 0.2) is 54.7 Å². The number of benzene rings is 2. The fraction of sp³-hybridized carbons (Fsp3) is 0.250. The minimum absolute atomic E-state index is 0. The van der Waals surface area contributed by atoms with Crippen molar-refractivity contribution in [2.45, 2.75) is 26.3 Å². The van der Waals surface area contributed by atoms with Crippen molar-refractivity contribution < 1.29 is 9.13 Å². The third-order valence-electron chi connectivity index (χ3n) is 3.99. The number of aromatic nitrogens is 2. The predicted octanol–water partition coefficient (Wildman–Crippen LogP) is 4.74. The monoisotopic (exact) mass is 375 g/mol. The summed E-state index contributed by atoms with van der Waals surface area (Å²) in [4.78, 5) is 0. The van der Waals surface area contributed by atoms with Crippen LogP contribution < -0.4 is 10.5 Å². The number of nitrogens with two attached hydrogens (primary N) is 1. The Morgan fingerprint density at radius 1 is 1.15 bits per heavy atom. The van der Waals surface area contributed by atoms with Gasteiger partial charge in [0.2, 0.25) is 0 Å². The van der Waals surface area contributed by atoms with Crippen LogP contribution in [-0.2, 0) is 6.54 Å². The second-order valence-electron chi connectivity index (χ2n) is 5.83. The fourth-order valence-electron chi connectivity index (χ4n) is 2.61. The van der Waals surface area contributed by atoms with E-state index >= 15 is 0 Å². The molecule has 2 aromatic carbocycles. The van der Waals surface area contributed by atoms with Crippen molar-refractivity contribution in [2.24, 2.45) is 5.73 Å². The second kappa shape index (κ2) is 9.36. The van der Waals surface area contributed by atoms with Gasteiger partial charge in [0.1, 0.15) is 0 Å². The largest absolute Gasteiger partial charge is 0.491 e. The molecular weight excluding hydrogens is 353 g/mol. The van der Waals surface area contributed by atoms with Gasteiger partial charge >= 0.3 is 0 Å². The van der Waals surface area contributed by atoms with Crippen LogP contribution in [0.4, 0.5) is 4.39 Å². The first kappa shape index (κ1) is 19.9. The molecule has 1 heterocycles. The topological polar surface area (TPSA) is 53.1 Å². The summed E-state index contributed by atoms with van der Waals surface area (Å²) < 4.78 is 21.6. The Morgan fingerprint density at radius 2 is 1.92 bits per heavy atom. The molecule has 0 aliphatic carbocycles. The highest BCUT2D eigenvalue weighted by Gasteiger charge is 2.14. The standard InChI is InChI=1S/C20H22FN3O.ClH/c1-2-3-11-25-19-10-9-15(12-18(19)21)20-16(13-22)14-24(23-20)17-7-5-4-6-8-17;/h4-10,12,14H,2-3,11,13,22H2,1H3;1H. The average molecular weight is 376 g/mol. The Kier molecular flexibility index (Phi) is 7.18. The van der Waals surface area contributed by atoms with Gasteiger partial charge in [0.05, 0.1) is 18.0 Å². The van der Waals surface area contributed by atoms with Crippen molar-refractivity contribution in [3.05, 3.63) is 66.1 Å². The van der Waals surface area contributed by atoms with Crippen molar-refractivity contribution in [2.75, 3.05) is 6.61 Å². The lowest BCUT2D eigenvalue weighted by atomic mass is 10.1. The van der Waals surface area contributed by atoms with Crippen molar-refractivity contribution in [1.29, 1.82) is 0 Å². The Morgan fingerprint density at radius 3 is 2.58 bits per heavy atom. The maximum Gasteiger partial charge on any atom is 0.165 e. The van der Waals surface area contributed by atoms with Crippen molar-refractivity contribution in [3.63, 3.8) is 0 Å². The summed E-state index contributed by atoms with van der Waals surface area (Å²) in [6, 6.07) is 14.7. The van der Waals surface area contributed by atoms with E-state index in [0.717, 1.165) is 24.1 Å². The molecule has 0 amide bonds. The SMILES string of the molecule is CCCCOc1ccc(-c2nn(-c3ccccc3)cc2CN)cc1F.Cl. The summed E-state index contributed by atoms with van der Waals surface area (Å²) in [5.41, 5.74) is 9.03. The lowest BCUT2D eigenvalue weighted by Crippen LogP contribution is -2.00. The molecule has 2 N–H and O–H groups in total. The van der Waals surface area contributed by atoms with E-state index in [1.807, 2.05) is 42.6 Å². The molecule has 0 spiro atoms. The number of unbranched alkanes of at least 4 members (excludes halogenated alkanes) is 1. The van der Waals surface area contributed by atoms with Gasteiger partial charge in [-0.1, -0.05) is 31.5 Å². The first-order valence-corrected chi connectivity index (χ1v) is 8.49. The first-order valence-electron chi connectivity index (χ1n) is 8.49. The zero-order valence-corrected chi connectivity index (χ0v) is 15.5. The third-order valence-corrected chi connectivity index (χ3v) is 3.99. The molecule has 0 bridgehead atoms. The van der Waals surface area contributed by atoms with Crippen LogP contribution in [0.1, 0.15) is 25.3 Å². The molecule has 0 saturated heterocycles. The minimum Gasteiger partial charge on any atom is -0.491 e. The molecule has 0 radical (unpaired) electrons. The highest BCUT2D eigenvalue weighted by atomic mass is 35.5. The van der Waals surface area contributed by atoms with Crippen LogP contribution in [0.2, 0.25) is 0 Å². The van der Waals surface area contributed by atoms with E-state index < -0.39 is 0 Å². The molecule has 3 aromatic rings. The summed E-state index contributed by atoms with van der Waals surface area (Å²) in [5, 5.41) is 4.60. The Labute approximate surface area is 159 Å². The summed E-state index contributed by atoms with van der Waals surface area (Å²) >= 11 is 0. The van der Waals surface area contributed by atoms with E-state index in [4.69, 9.17) is 10.5 Å². The number of nitrogens with zero attached hydrogens (tertiary/aromatic N) is 2. The number of hydrogen-bond acceptors (Lipinski definition) is 3. The molecule has 0 atom stereocenters. The molecular formula is C20H23ClFN3O. The number of para-hydroxylation sites is 1. The Hall–Kier alpha value is -2.37. The van der Waals surface area contributed by atoms with Gasteiger partial charge in [0.15, 0.2) is 11.6 Å². The smallest absolute Gasteiger partial charge is 0.165 e. The van der Waals surface area contributed by atoms with Gasteiger partial charge in [-0.3, -0.25) is 0 Å². The molecule has 138 valence electrons. The number of hydrogen-bond donors (Lipinski definition) is 1. The van der Waals surface area contributed by atoms with Gasteiger partial charge in [-0.2, -0.15) is 5.10 Å². The quantitative estimate of drug-likeness (QED) is 0.607. The molecule has 1 aromatic heterocycles. The minimum atomic E-state index is -0.383. The molecule has 0 saturated carbocycles. The van der Waals surface area contributed by atoms with E-state index in [9.17, 15) is 4.39 Å². The fourth-order valence-corrected chi connectivity index (χ4v) is 2.61. The molecule has 0 aliphatic heterocycles. The van der Waals surface area contributed by atoms with E-state index in [-0.39, 0.29) is 24.0 Å². The van der Waals surface area contributed by atoms with Crippen LogP contribution in [0.3, 0.4) is 0 Å². The normalized spacial score (nSPS) is 10.4. The molecule has 4 nitrogen and oxygen atoms in total. The molecule has 26 heavy (non-hydrogen) atoms. The summed E-state index contributed by atoms with van der Waals surface area (Å²) in [5.74, 6) is -0.111. The van der Waals surface area contributed by atoms with Gasteiger partial charge < -0.3 is 10.5 Å². The van der Waals surface area contributed by atoms with Crippen LogP contribution >= 0.6 is 12.4 Å². The molecule has 6 heteroatoms. The highest BCUT2D eigenvalue weighted by Crippen LogP contribution is 2.28. The van der Waals surface area contributed by atoms with E-state index in [0.29, 0.717) is 24.4 Å². The highest BCUT2D eigenvalue weighted by molar-refractivity contribution is 5.85. The van der Waals surface area contributed by atoms with Crippen LogP contribution in [-0.4, -0.2) is 16.4 Å². The molecule has 0 unspecified atom stereocenters. The lowest BCUT2D eigenvalue weighted by Gasteiger charge is -2.08. The number of rotatable bonds is 7. The van der Waals surface area contributed by atoms with Gasteiger partial charge in [-0.05, 0) is 36.8 Å². The van der Waals surface area contributed by atoms with Gasteiger partial charge in [-0.25, -0.2) is 9.07 Å². The lowest BCUT2D eigenvalue weighted by molar-refractivity contribution is 0.294. The first-order chi connectivity index (χ1) is 12.2. The molecule has 0 fully saturated rings. The predicted molar refractivity (Wildman–Crippen MR) is 105 cm³/mol. The van der Waals surface area contributed by atoms with Crippen LogP contribution in [0, 0.1) is 5.82 Å². The number of halogens is 2. The molecule has 0 aliphatic rings. The molecule has 3 rings (SSSR count). The Balaban J connectivity index is 0.00000243. The van der Waals surface area contributed by atoms with Crippen molar-refractivity contribution >= 4 is 12.4 Å². The van der Waals surface area contributed by atoms with E-state index in [1.165, 1.54) is 6.07 Å². The van der Waals surface area contributed by atoms with Gasteiger partial charge in [-0.15, -0.1) is 12.4 Å². The third kappa shape index (κ3) is 4.42. The van der Waals surface area contributed by atoms with Crippen molar-refractivity contribution in [3.8, 4) is 22.7 Å². The van der Waals surface area contributed by atoms with E-state index in [1.54, 1.807) is 10.7 Å². The summed E-state index contributed by atoms with van der Waals surface area (Å²) in [6.07, 6.45) is 3.80. The second-order valence-corrected chi connectivity index (χ2v) is 5.83.